The van der Waals surface area contributed by atoms with E-state index in [2.05, 4.69) is 5.32 Å². The molecule has 2 rings (SSSR count). The van der Waals surface area contributed by atoms with E-state index in [1.165, 1.54) is 4.90 Å². The molecule has 20 heavy (non-hydrogen) atoms. The van der Waals surface area contributed by atoms with Crippen LogP contribution in [0.15, 0.2) is 24.3 Å². The number of amides is 2. The number of rotatable bonds is 3. The molecule has 1 N–H and O–H groups in total. The van der Waals surface area contributed by atoms with Crippen LogP contribution in [-0.4, -0.2) is 18.9 Å². The maximum atomic E-state index is 12.3. The Morgan fingerprint density at radius 2 is 1.80 bits per heavy atom. The fraction of sp³-hybridized carbons (Fsp3) is 0.500. The van der Waals surface area contributed by atoms with Crippen molar-refractivity contribution >= 4 is 17.5 Å². The van der Waals surface area contributed by atoms with Crippen molar-refractivity contribution < 1.29 is 9.59 Å². The highest BCUT2D eigenvalue weighted by atomic mass is 16.2. The number of nitrogens with one attached hydrogen (secondary N) is 1. The summed E-state index contributed by atoms with van der Waals surface area (Å²) in [6.07, 6.45) is 0.815. The first-order valence-electron chi connectivity index (χ1n) is 6.97. The van der Waals surface area contributed by atoms with E-state index in [0.29, 0.717) is 18.5 Å². The molecule has 0 bridgehead atoms. The van der Waals surface area contributed by atoms with Gasteiger partial charge in [0.15, 0.2) is 0 Å². The van der Waals surface area contributed by atoms with Crippen LogP contribution < -0.4 is 10.2 Å². The molecule has 0 aliphatic carbocycles. The van der Waals surface area contributed by atoms with Crippen LogP contribution in [0.25, 0.3) is 0 Å². The minimum absolute atomic E-state index is 0.111. The molecule has 1 aromatic carbocycles. The standard InChI is InChI=1S/C16H22N2O2/c1-11(17-4)12-6-5-7-13(8-12)18-14(19)9-16(2,3)10-15(18)20/h5-8,11,17H,9-10H2,1-4H3. The number of imide groups is 1. The molecule has 1 atom stereocenters. The maximum Gasteiger partial charge on any atom is 0.234 e. The summed E-state index contributed by atoms with van der Waals surface area (Å²) in [5.41, 5.74) is 1.51. The summed E-state index contributed by atoms with van der Waals surface area (Å²) in [5, 5.41) is 3.16. The Morgan fingerprint density at radius 1 is 1.20 bits per heavy atom. The van der Waals surface area contributed by atoms with E-state index in [-0.39, 0.29) is 23.3 Å². The van der Waals surface area contributed by atoms with Gasteiger partial charge in [0, 0.05) is 18.9 Å². The molecule has 0 radical (unpaired) electrons. The summed E-state index contributed by atoms with van der Waals surface area (Å²) in [4.78, 5) is 25.9. The fourth-order valence-corrected chi connectivity index (χ4v) is 2.57. The SMILES string of the molecule is CNC(C)c1cccc(N2C(=O)CC(C)(C)CC2=O)c1. The molecule has 1 heterocycles. The first kappa shape index (κ1) is 14.7. The van der Waals surface area contributed by atoms with E-state index in [1.54, 1.807) is 0 Å². The number of hydrogen-bond acceptors (Lipinski definition) is 3. The monoisotopic (exact) mass is 274 g/mol. The summed E-state index contributed by atoms with van der Waals surface area (Å²) < 4.78 is 0. The van der Waals surface area contributed by atoms with Gasteiger partial charge in [-0.3, -0.25) is 14.5 Å². The largest absolute Gasteiger partial charge is 0.313 e. The molecule has 108 valence electrons. The lowest BCUT2D eigenvalue weighted by Gasteiger charge is -2.34. The molecule has 4 heteroatoms. The first-order valence-corrected chi connectivity index (χ1v) is 6.97. The number of carbonyl (C=O) groups is 2. The predicted molar refractivity (Wildman–Crippen MR) is 79.4 cm³/mol. The minimum Gasteiger partial charge on any atom is -0.313 e. The Hall–Kier alpha value is -1.68. The summed E-state index contributed by atoms with van der Waals surface area (Å²) in [6, 6.07) is 7.79. The second-order valence-electron chi connectivity index (χ2n) is 6.25. The van der Waals surface area contributed by atoms with Crippen molar-refractivity contribution in [2.24, 2.45) is 5.41 Å². The van der Waals surface area contributed by atoms with E-state index in [9.17, 15) is 9.59 Å². The Morgan fingerprint density at radius 3 is 2.35 bits per heavy atom. The fourth-order valence-electron chi connectivity index (χ4n) is 2.57. The van der Waals surface area contributed by atoms with Crippen LogP contribution in [0, 0.1) is 5.41 Å². The van der Waals surface area contributed by atoms with Crippen molar-refractivity contribution in [2.45, 2.75) is 39.7 Å². The first-order chi connectivity index (χ1) is 9.34. The van der Waals surface area contributed by atoms with Gasteiger partial charge in [-0.25, -0.2) is 0 Å². The van der Waals surface area contributed by atoms with Gasteiger partial charge >= 0.3 is 0 Å². The second kappa shape index (κ2) is 5.37. The smallest absolute Gasteiger partial charge is 0.234 e. The van der Waals surface area contributed by atoms with Crippen molar-refractivity contribution in [1.82, 2.24) is 5.32 Å². The lowest BCUT2D eigenvalue weighted by molar-refractivity contribution is -0.132. The molecule has 1 aromatic rings. The summed E-state index contributed by atoms with van der Waals surface area (Å²) in [6.45, 7) is 5.96. The van der Waals surface area contributed by atoms with Gasteiger partial charge in [0.2, 0.25) is 11.8 Å². The van der Waals surface area contributed by atoms with E-state index in [4.69, 9.17) is 0 Å². The summed E-state index contributed by atoms with van der Waals surface area (Å²) in [5.74, 6) is -0.221. The van der Waals surface area contributed by atoms with Crippen molar-refractivity contribution in [2.75, 3.05) is 11.9 Å². The zero-order chi connectivity index (χ0) is 14.9. The van der Waals surface area contributed by atoms with E-state index < -0.39 is 0 Å². The molecule has 2 amide bonds. The number of benzene rings is 1. The third kappa shape index (κ3) is 2.90. The average Bonchev–Trinajstić information content (AvgIpc) is 2.35. The summed E-state index contributed by atoms with van der Waals surface area (Å²) >= 11 is 0. The zero-order valence-electron chi connectivity index (χ0n) is 12.6. The Bertz CT molecular complexity index is 517. The quantitative estimate of drug-likeness (QED) is 0.862. The molecule has 1 fully saturated rings. The predicted octanol–water partition coefficient (Wildman–Crippen LogP) is 2.65. The zero-order valence-corrected chi connectivity index (χ0v) is 12.6. The van der Waals surface area contributed by atoms with E-state index in [1.807, 2.05) is 52.1 Å². The second-order valence-corrected chi connectivity index (χ2v) is 6.25. The van der Waals surface area contributed by atoms with Gasteiger partial charge in [-0.2, -0.15) is 0 Å². The van der Waals surface area contributed by atoms with Crippen molar-refractivity contribution in [3.8, 4) is 0 Å². The van der Waals surface area contributed by atoms with Crippen LogP contribution in [0.5, 0.6) is 0 Å². The maximum absolute atomic E-state index is 12.3. The third-order valence-electron chi connectivity index (χ3n) is 3.82. The van der Waals surface area contributed by atoms with Gasteiger partial charge < -0.3 is 5.32 Å². The summed E-state index contributed by atoms with van der Waals surface area (Å²) in [7, 11) is 1.89. The van der Waals surface area contributed by atoms with Crippen LogP contribution in [-0.2, 0) is 9.59 Å². The number of anilines is 1. The molecule has 1 saturated heterocycles. The highest BCUT2D eigenvalue weighted by Gasteiger charge is 2.38. The Kier molecular flexibility index (Phi) is 3.95. The lowest BCUT2D eigenvalue weighted by atomic mass is 9.81. The van der Waals surface area contributed by atoms with Crippen molar-refractivity contribution in [3.63, 3.8) is 0 Å². The normalized spacial score (nSPS) is 20.1. The average molecular weight is 274 g/mol. The molecule has 1 aliphatic rings. The number of nitrogens with zero attached hydrogens (tertiary/aromatic N) is 1. The topological polar surface area (TPSA) is 49.4 Å². The molecular weight excluding hydrogens is 252 g/mol. The Labute approximate surface area is 120 Å². The molecule has 0 spiro atoms. The molecule has 0 saturated carbocycles. The van der Waals surface area contributed by atoms with Crippen LogP contribution in [0.2, 0.25) is 0 Å². The number of hydrogen-bond donors (Lipinski definition) is 1. The molecule has 1 aliphatic heterocycles. The Balaban J connectivity index is 2.32. The molecular formula is C16H22N2O2. The van der Waals surface area contributed by atoms with Gasteiger partial charge in [0.25, 0.3) is 0 Å². The van der Waals surface area contributed by atoms with Gasteiger partial charge in [0.05, 0.1) is 5.69 Å². The molecule has 1 unspecified atom stereocenters. The third-order valence-corrected chi connectivity index (χ3v) is 3.82. The minimum atomic E-state index is -0.236. The van der Waals surface area contributed by atoms with Crippen molar-refractivity contribution in [1.29, 1.82) is 0 Å². The molecule has 4 nitrogen and oxygen atoms in total. The highest BCUT2D eigenvalue weighted by molar-refractivity contribution is 6.16. The van der Waals surface area contributed by atoms with Gasteiger partial charge in [-0.1, -0.05) is 26.0 Å². The van der Waals surface area contributed by atoms with Gasteiger partial charge in [0.1, 0.15) is 0 Å². The van der Waals surface area contributed by atoms with E-state index >= 15 is 0 Å². The number of piperidine rings is 1. The van der Waals surface area contributed by atoms with Crippen LogP contribution in [0.1, 0.15) is 45.2 Å². The van der Waals surface area contributed by atoms with Gasteiger partial charge in [-0.05, 0) is 37.1 Å². The highest BCUT2D eigenvalue weighted by Crippen LogP contribution is 2.34. The number of carbonyl (C=O) groups excluding carboxylic acids is 2. The van der Waals surface area contributed by atoms with Crippen LogP contribution in [0.4, 0.5) is 5.69 Å². The van der Waals surface area contributed by atoms with Crippen LogP contribution >= 0.6 is 0 Å². The van der Waals surface area contributed by atoms with Gasteiger partial charge in [-0.15, -0.1) is 0 Å². The van der Waals surface area contributed by atoms with Crippen LogP contribution in [0.3, 0.4) is 0 Å². The lowest BCUT2D eigenvalue weighted by Crippen LogP contribution is -2.46. The molecule has 0 aromatic heterocycles. The van der Waals surface area contributed by atoms with Crippen molar-refractivity contribution in [3.05, 3.63) is 29.8 Å². The van der Waals surface area contributed by atoms with E-state index in [0.717, 1.165) is 5.56 Å².